The Kier molecular flexibility index (Phi) is 3.14. The summed E-state index contributed by atoms with van der Waals surface area (Å²) >= 11 is 0. The van der Waals surface area contributed by atoms with Gasteiger partial charge in [0, 0.05) is 24.5 Å². The largest absolute Gasteiger partial charge is 0.478 e. The molecule has 5 N–H and O–H groups in total. The first-order chi connectivity index (χ1) is 8.40. The summed E-state index contributed by atoms with van der Waals surface area (Å²) < 4.78 is 0. The van der Waals surface area contributed by atoms with Crippen molar-refractivity contribution in [3.05, 3.63) is 23.3 Å². The van der Waals surface area contributed by atoms with Crippen molar-refractivity contribution in [2.45, 2.75) is 19.1 Å². The first-order valence-electron chi connectivity index (χ1n) is 5.64. The van der Waals surface area contributed by atoms with E-state index < -0.39 is 18.2 Å². The summed E-state index contributed by atoms with van der Waals surface area (Å²) in [5.41, 5.74) is 7.31. The van der Waals surface area contributed by atoms with Gasteiger partial charge in [-0.3, -0.25) is 0 Å². The first kappa shape index (κ1) is 12.7. The van der Waals surface area contributed by atoms with Crippen LogP contribution in [-0.2, 0) is 0 Å². The molecular formula is C12H16N2O4. The van der Waals surface area contributed by atoms with E-state index in [1.54, 1.807) is 17.9 Å². The number of nitrogens with zero attached hydrogens (tertiary/aromatic N) is 1. The van der Waals surface area contributed by atoms with Gasteiger partial charge in [0.1, 0.15) is 0 Å². The van der Waals surface area contributed by atoms with Crippen LogP contribution in [0.1, 0.15) is 15.9 Å². The maximum atomic E-state index is 11.1. The van der Waals surface area contributed by atoms with Crippen LogP contribution in [0, 0.1) is 6.92 Å². The van der Waals surface area contributed by atoms with E-state index in [1.807, 2.05) is 0 Å². The molecule has 2 unspecified atom stereocenters. The Morgan fingerprint density at radius 3 is 2.39 bits per heavy atom. The Bertz CT molecular complexity index is 479. The van der Waals surface area contributed by atoms with Gasteiger partial charge in [0.2, 0.25) is 0 Å². The van der Waals surface area contributed by atoms with Crippen LogP contribution in [0.5, 0.6) is 0 Å². The van der Waals surface area contributed by atoms with Crippen LogP contribution in [0.3, 0.4) is 0 Å². The van der Waals surface area contributed by atoms with E-state index in [4.69, 9.17) is 10.8 Å². The molecule has 1 aliphatic rings. The number of aromatic carboxylic acids is 1. The quantitative estimate of drug-likeness (QED) is 0.544. The molecule has 6 heteroatoms. The van der Waals surface area contributed by atoms with Crippen LogP contribution in [-0.4, -0.2) is 46.6 Å². The highest BCUT2D eigenvalue weighted by Crippen LogP contribution is 2.28. The number of aliphatic hydroxyl groups excluding tert-OH is 2. The highest BCUT2D eigenvalue weighted by molar-refractivity contribution is 5.95. The number of aliphatic hydroxyl groups is 2. The van der Waals surface area contributed by atoms with Crippen LogP contribution in [0.15, 0.2) is 12.1 Å². The number of carboxylic acids is 1. The fourth-order valence-corrected chi connectivity index (χ4v) is 2.12. The van der Waals surface area contributed by atoms with Crippen molar-refractivity contribution in [3.8, 4) is 0 Å². The molecule has 2 rings (SSSR count). The molecule has 1 fully saturated rings. The Morgan fingerprint density at radius 1 is 1.33 bits per heavy atom. The Morgan fingerprint density at radius 2 is 1.89 bits per heavy atom. The number of aryl methyl sites for hydroxylation is 1. The van der Waals surface area contributed by atoms with Crippen LogP contribution in [0.2, 0.25) is 0 Å². The van der Waals surface area contributed by atoms with Crippen molar-refractivity contribution in [1.29, 1.82) is 0 Å². The smallest absolute Gasteiger partial charge is 0.337 e. The zero-order chi connectivity index (χ0) is 13.4. The van der Waals surface area contributed by atoms with Crippen molar-refractivity contribution in [3.63, 3.8) is 0 Å². The molecule has 0 amide bonds. The summed E-state index contributed by atoms with van der Waals surface area (Å²) in [6.45, 7) is 2.29. The zero-order valence-corrected chi connectivity index (χ0v) is 10.00. The van der Waals surface area contributed by atoms with Gasteiger partial charge >= 0.3 is 5.97 Å². The lowest BCUT2D eigenvalue weighted by molar-refractivity contribution is 0.0572. The predicted octanol–water partition coefficient (Wildman–Crippen LogP) is -0.183. The molecule has 98 valence electrons. The van der Waals surface area contributed by atoms with Gasteiger partial charge in [-0.15, -0.1) is 0 Å². The van der Waals surface area contributed by atoms with Gasteiger partial charge in [-0.1, -0.05) is 0 Å². The third kappa shape index (κ3) is 2.12. The normalized spacial score (nSPS) is 23.4. The van der Waals surface area contributed by atoms with E-state index in [0.29, 0.717) is 11.3 Å². The second-order valence-corrected chi connectivity index (χ2v) is 4.57. The molecule has 2 atom stereocenters. The molecule has 1 heterocycles. The van der Waals surface area contributed by atoms with Crippen LogP contribution < -0.4 is 10.6 Å². The summed E-state index contributed by atoms with van der Waals surface area (Å²) in [5.74, 6) is -1.09. The minimum absolute atomic E-state index is 0.0425. The summed E-state index contributed by atoms with van der Waals surface area (Å²) in [6, 6.07) is 3.22. The van der Waals surface area contributed by atoms with Crippen LogP contribution in [0.4, 0.5) is 11.4 Å². The zero-order valence-electron chi connectivity index (χ0n) is 10.00. The molecular weight excluding hydrogens is 236 g/mol. The van der Waals surface area contributed by atoms with Gasteiger partial charge in [-0.2, -0.15) is 0 Å². The number of benzene rings is 1. The van der Waals surface area contributed by atoms with E-state index in [0.717, 1.165) is 0 Å². The minimum atomic E-state index is -1.09. The summed E-state index contributed by atoms with van der Waals surface area (Å²) in [4.78, 5) is 12.8. The lowest BCUT2D eigenvalue weighted by Gasteiger charge is -2.20. The van der Waals surface area contributed by atoms with Crippen LogP contribution >= 0.6 is 0 Å². The molecule has 0 radical (unpaired) electrons. The maximum Gasteiger partial charge on any atom is 0.337 e. The van der Waals surface area contributed by atoms with E-state index in [-0.39, 0.29) is 24.3 Å². The monoisotopic (exact) mass is 252 g/mol. The lowest BCUT2D eigenvalue weighted by atomic mass is 10.1. The Balaban J connectivity index is 2.38. The minimum Gasteiger partial charge on any atom is -0.478 e. The van der Waals surface area contributed by atoms with E-state index in [2.05, 4.69) is 0 Å². The van der Waals surface area contributed by atoms with E-state index in [9.17, 15) is 15.0 Å². The third-order valence-electron chi connectivity index (χ3n) is 3.23. The standard InChI is InChI=1S/C12H16N2O4/c1-6-2-7(3-8(11(6)13)12(17)18)14-4-9(15)10(16)5-14/h2-3,9-10,15-16H,4-5,13H2,1H3,(H,17,18). The first-order valence-corrected chi connectivity index (χ1v) is 5.64. The fraction of sp³-hybridized carbons (Fsp3) is 0.417. The van der Waals surface area contributed by atoms with Crippen molar-refractivity contribution >= 4 is 17.3 Å². The third-order valence-corrected chi connectivity index (χ3v) is 3.23. The van der Waals surface area contributed by atoms with E-state index in [1.165, 1.54) is 6.07 Å². The molecule has 1 aliphatic heterocycles. The number of nitrogen functional groups attached to an aromatic ring is 1. The second kappa shape index (κ2) is 4.47. The molecule has 0 aromatic heterocycles. The van der Waals surface area contributed by atoms with Crippen molar-refractivity contribution in [2.75, 3.05) is 23.7 Å². The number of carboxylic acid groups (broad SMARTS) is 1. The summed E-state index contributed by atoms with van der Waals surface area (Å²) in [6.07, 6.45) is -1.62. The average molecular weight is 252 g/mol. The molecule has 1 aromatic rings. The number of carbonyl (C=O) groups is 1. The van der Waals surface area contributed by atoms with Gasteiger partial charge in [0.05, 0.1) is 17.8 Å². The Labute approximate surface area is 104 Å². The molecule has 6 nitrogen and oxygen atoms in total. The second-order valence-electron chi connectivity index (χ2n) is 4.57. The predicted molar refractivity (Wildman–Crippen MR) is 66.8 cm³/mol. The Hall–Kier alpha value is -1.79. The highest BCUT2D eigenvalue weighted by atomic mass is 16.4. The van der Waals surface area contributed by atoms with Gasteiger partial charge in [0.25, 0.3) is 0 Å². The van der Waals surface area contributed by atoms with Crippen molar-refractivity contribution in [2.24, 2.45) is 0 Å². The molecule has 1 saturated heterocycles. The molecule has 0 aliphatic carbocycles. The molecule has 0 saturated carbocycles. The number of rotatable bonds is 2. The molecule has 0 bridgehead atoms. The SMILES string of the molecule is Cc1cc(N2CC(O)C(O)C2)cc(C(=O)O)c1N. The van der Waals surface area contributed by atoms with Gasteiger partial charge < -0.3 is 26.0 Å². The number of hydrogen-bond acceptors (Lipinski definition) is 5. The van der Waals surface area contributed by atoms with Gasteiger partial charge in [-0.05, 0) is 24.6 Å². The number of anilines is 2. The molecule has 1 aromatic carbocycles. The fourth-order valence-electron chi connectivity index (χ4n) is 2.12. The molecule has 0 spiro atoms. The summed E-state index contributed by atoms with van der Waals surface area (Å²) in [7, 11) is 0. The number of hydrogen-bond donors (Lipinski definition) is 4. The highest BCUT2D eigenvalue weighted by Gasteiger charge is 2.30. The molecule has 18 heavy (non-hydrogen) atoms. The average Bonchev–Trinajstić information content (AvgIpc) is 2.62. The van der Waals surface area contributed by atoms with Crippen LogP contribution in [0.25, 0.3) is 0 Å². The topological polar surface area (TPSA) is 107 Å². The van der Waals surface area contributed by atoms with Crippen molar-refractivity contribution in [1.82, 2.24) is 0 Å². The van der Waals surface area contributed by atoms with Gasteiger partial charge in [-0.25, -0.2) is 4.79 Å². The lowest BCUT2D eigenvalue weighted by Crippen LogP contribution is -2.22. The number of nitrogens with two attached hydrogens (primary N) is 1. The summed E-state index contributed by atoms with van der Waals surface area (Å²) in [5, 5.41) is 28.1. The van der Waals surface area contributed by atoms with Crippen molar-refractivity contribution < 1.29 is 20.1 Å². The van der Waals surface area contributed by atoms with E-state index >= 15 is 0 Å². The maximum absolute atomic E-state index is 11.1. The van der Waals surface area contributed by atoms with Gasteiger partial charge in [0.15, 0.2) is 0 Å². The number of β-amino-alcohol motifs (C(OH)–C–C–N with tert-alkyl or cyclic N) is 2.